The van der Waals surface area contributed by atoms with Crippen LogP contribution in [-0.2, 0) is 16.6 Å². The monoisotopic (exact) mass is 315 g/mol. The second-order valence-electron chi connectivity index (χ2n) is 5.06. The predicted molar refractivity (Wildman–Crippen MR) is 86.0 cm³/mol. The molecular formula is C16H17N3O2S. The highest BCUT2D eigenvalue weighted by atomic mass is 32.2. The van der Waals surface area contributed by atoms with Crippen LogP contribution in [0.4, 0.5) is 0 Å². The third-order valence-electron chi connectivity index (χ3n) is 3.48. The van der Waals surface area contributed by atoms with E-state index in [1.165, 1.54) is 0 Å². The van der Waals surface area contributed by atoms with Crippen molar-refractivity contribution in [1.29, 1.82) is 0 Å². The number of nitrogens with one attached hydrogen (secondary N) is 1. The van der Waals surface area contributed by atoms with E-state index in [1.54, 1.807) is 24.7 Å². The standard InChI is InChI=1S/C16H17N3O2S/c20-22(21,18-8-3-10-19-11-9-17-13-19)16-7-6-14-4-1-2-5-15(14)12-16/h1-2,4-7,9,11-13,18H,3,8,10H2. The topological polar surface area (TPSA) is 64.0 Å². The SMILES string of the molecule is O=S(=O)(NCCCn1ccnc1)c1ccc2ccccc2c1. The minimum absolute atomic E-state index is 0.300. The van der Waals surface area contributed by atoms with Crippen molar-refractivity contribution in [1.82, 2.24) is 14.3 Å². The third kappa shape index (κ3) is 3.35. The predicted octanol–water partition coefficient (Wildman–Crippen LogP) is 2.40. The van der Waals surface area contributed by atoms with Crippen molar-refractivity contribution in [3.8, 4) is 0 Å². The first-order valence-corrected chi connectivity index (χ1v) is 8.58. The van der Waals surface area contributed by atoms with Gasteiger partial charge in [-0.05, 0) is 29.3 Å². The summed E-state index contributed by atoms with van der Waals surface area (Å²) in [5.74, 6) is 0. The molecule has 0 aliphatic carbocycles. The third-order valence-corrected chi connectivity index (χ3v) is 4.93. The van der Waals surface area contributed by atoms with Crippen LogP contribution in [0.5, 0.6) is 0 Å². The number of nitrogens with zero attached hydrogens (tertiary/aromatic N) is 2. The maximum atomic E-state index is 12.3. The number of hydrogen-bond donors (Lipinski definition) is 1. The van der Waals surface area contributed by atoms with Crippen molar-refractivity contribution in [3.05, 3.63) is 61.2 Å². The Kier molecular flexibility index (Phi) is 4.22. The van der Waals surface area contributed by atoms with Gasteiger partial charge >= 0.3 is 0 Å². The van der Waals surface area contributed by atoms with Crippen LogP contribution in [0.1, 0.15) is 6.42 Å². The number of hydrogen-bond acceptors (Lipinski definition) is 3. The van der Waals surface area contributed by atoms with Crippen LogP contribution in [-0.4, -0.2) is 24.5 Å². The van der Waals surface area contributed by atoms with Crippen LogP contribution < -0.4 is 4.72 Å². The molecular weight excluding hydrogens is 298 g/mol. The number of benzene rings is 2. The first kappa shape index (κ1) is 14.7. The van der Waals surface area contributed by atoms with Crippen molar-refractivity contribution in [3.63, 3.8) is 0 Å². The van der Waals surface area contributed by atoms with Gasteiger partial charge in [-0.3, -0.25) is 0 Å². The highest BCUT2D eigenvalue weighted by Gasteiger charge is 2.13. The van der Waals surface area contributed by atoms with Gasteiger partial charge in [-0.2, -0.15) is 0 Å². The Morgan fingerprint density at radius 2 is 1.91 bits per heavy atom. The molecule has 1 N–H and O–H groups in total. The molecule has 22 heavy (non-hydrogen) atoms. The Hall–Kier alpha value is -2.18. The Labute approximate surface area is 129 Å². The molecule has 0 atom stereocenters. The molecule has 3 rings (SSSR count). The Bertz CT molecular complexity index is 858. The summed E-state index contributed by atoms with van der Waals surface area (Å²) in [6.45, 7) is 1.13. The lowest BCUT2D eigenvalue weighted by Crippen LogP contribution is -2.25. The fourth-order valence-electron chi connectivity index (χ4n) is 2.31. The minimum Gasteiger partial charge on any atom is -0.337 e. The molecule has 0 aliphatic rings. The Balaban J connectivity index is 1.66. The van der Waals surface area contributed by atoms with Gasteiger partial charge in [0.1, 0.15) is 0 Å². The van der Waals surface area contributed by atoms with E-state index in [4.69, 9.17) is 0 Å². The molecule has 0 amide bonds. The fraction of sp³-hybridized carbons (Fsp3) is 0.188. The van der Waals surface area contributed by atoms with Gasteiger partial charge in [0, 0.05) is 25.5 Å². The first-order chi connectivity index (χ1) is 10.6. The Morgan fingerprint density at radius 1 is 1.09 bits per heavy atom. The summed E-state index contributed by atoms with van der Waals surface area (Å²) in [6, 6.07) is 12.9. The molecule has 3 aromatic rings. The number of fused-ring (bicyclic) bond motifs is 1. The zero-order valence-electron chi connectivity index (χ0n) is 12.0. The summed E-state index contributed by atoms with van der Waals surface area (Å²) in [6.07, 6.45) is 6.00. The maximum Gasteiger partial charge on any atom is 0.240 e. The first-order valence-electron chi connectivity index (χ1n) is 7.09. The normalized spacial score (nSPS) is 11.8. The molecule has 0 saturated carbocycles. The lowest BCUT2D eigenvalue weighted by Gasteiger charge is -2.08. The molecule has 2 aromatic carbocycles. The molecule has 1 aromatic heterocycles. The van der Waals surface area contributed by atoms with Crippen molar-refractivity contribution in [2.24, 2.45) is 0 Å². The van der Waals surface area contributed by atoms with Crippen molar-refractivity contribution in [2.45, 2.75) is 17.9 Å². The molecule has 6 heteroatoms. The zero-order chi connectivity index (χ0) is 15.4. The van der Waals surface area contributed by atoms with Gasteiger partial charge in [-0.1, -0.05) is 30.3 Å². The molecule has 0 saturated heterocycles. The van der Waals surface area contributed by atoms with Crippen molar-refractivity contribution in [2.75, 3.05) is 6.54 Å². The summed E-state index contributed by atoms with van der Waals surface area (Å²) < 4.78 is 29.2. The van der Waals surface area contributed by atoms with Crippen molar-refractivity contribution < 1.29 is 8.42 Å². The number of imidazole rings is 1. The van der Waals surface area contributed by atoms with E-state index in [-0.39, 0.29) is 0 Å². The zero-order valence-corrected chi connectivity index (χ0v) is 12.8. The fourth-order valence-corrected chi connectivity index (χ4v) is 3.41. The average molecular weight is 315 g/mol. The highest BCUT2D eigenvalue weighted by Crippen LogP contribution is 2.18. The lowest BCUT2D eigenvalue weighted by molar-refractivity contribution is 0.570. The van der Waals surface area contributed by atoms with E-state index < -0.39 is 10.0 Å². The molecule has 114 valence electrons. The molecule has 0 radical (unpaired) electrons. The Morgan fingerprint density at radius 3 is 2.68 bits per heavy atom. The summed E-state index contributed by atoms with van der Waals surface area (Å²) >= 11 is 0. The maximum absolute atomic E-state index is 12.3. The van der Waals surface area contributed by atoms with Crippen LogP contribution in [0, 0.1) is 0 Å². The van der Waals surface area contributed by atoms with Crippen LogP contribution in [0.3, 0.4) is 0 Å². The van der Waals surface area contributed by atoms with Gasteiger partial charge < -0.3 is 4.57 Å². The van der Waals surface area contributed by atoms with Crippen LogP contribution in [0.2, 0.25) is 0 Å². The summed E-state index contributed by atoms with van der Waals surface area (Å²) in [4.78, 5) is 4.25. The summed E-state index contributed by atoms with van der Waals surface area (Å²) in [5.41, 5.74) is 0. The second kappa shape index (κ2) is 6.29. The van der Waals surface area contributed by atoms with E-state index in [0.717, 1.165) is 17.3 Å². The smallest absolute Gasteiger partial charge is 0.240 e. The molecule has 0 unspecified atom stereocenters. The van der Waals surface area contributed by atoms with Crippen LogP contribution >= 0.6 is 0 Å². The number of aromatic nitrogens is 2. The molecule has 0 aliphatic heterocycles. The molecule has 1 heterocycles. The van der Waals surface area contributed by atoms with E-state index in [9.17, 15) is 8.42 Å². The van der Waals surface area contributed by atoms with Gasteiger partial charge in [-0.25, -0.2) is 18.1 Å². The van der Waals surface area contributed by atoms with Crippen LogP contribution in [0.25, 0.3) is 10.8 Å². The van der Waals surface area contributed by atoms with E-state index in [1.807, 2.05) is 41.1 Å². The highest BCUT2D eigenvalue weighted by molar-refractivity contribution is 7.89. The number of sulfonamides is 1. The molecule has 0 bridgehead atoms. The molecule has 0 fully saturated rings. The van der Waals surface area contributed by atoms with E-state index in [2.05, 4.69) is 9.71 Å². The minimum atomic E-state index is -3.47. The van der Waals surface area contributed by atoms with E-state index >= 15 is 0 Å². The van der Waals surface area contributed by atoms with Crippen LogP contribution in [0.15, 0.2) is 66.1 Å². The number of aryl methyl sites for hydroxylation is 1. The quantitative estimate of drug-likeness (QED) is 0.710. The second-order valence-corrected chi connectivity index (χ2v) is 6.83. The lowest BCUT2D eigenvalue weighted by atomic mass is 10.1. The summed E-state index contributed by atoms with van der Waals surface area (Å²) in [7, 11) is -3.47. The summed E-state index contributed by atoms with van der Waals surface area (Å²) in [5, 5.41) is 1.95. The largest absolute Gasteiger partial charge is 0.337 e. The van der Waals surface area contributed by atoms with Crippen molar-refractivity contribution >= 4 is 20.8 Å². The van der Waals surface area contributed by atoms with Gasteiger partial charge in [0.15, 0.2) is 0 Å². The molecule has 0 spiro atoms. The van der Waals surface area contributed by atoms with Gasteiger partial charge in [-0.15, -0.1) is 0 Å². The van der Waals surface area contributed by atoms with E-state index in [0.29, 0.717) is 17.9 Å². The van der Waals surface area contributed by atoms with Gasteiger partial charge in [0.25, 0.3) is 0 Å². The number of rotatable bonds is 6. The average Bonchev–Trinajstić information content (AvgIpc) is 3.04. The van der Waals surface area contributed by atoms with Gasteiger partial charge in [0.2, 0.25) is 10.0 Å². The molecule has 5 nitrogen and oxygen atoms in total. The van der Waals surface area contributed by atoms with Gasteiger partial charge in [0.05, 0.1) is 11.2 Å².